The van der Waals surface area contributed by atoms with Gasteiger partial charge in [-0.2, -0.15) is 0 Å². The highest BCUT2D eigenvalue weighted by molar-refractivity contribution is 5.83. The summed E-state index contributed by atoms with van der Waals surface area (Å²) in [4.78, 5) is 14.1. The van der Waals surface area contributed by atoms with Crippen LogP contribution < -0.4 is 5.32 Å². The Kier molecular flexibility index (Phi) is 5.12. The number of carbonyl (C=O) groups excluding carboxylic acids is 1. The van der Waals surface area contributed by atoms with Crippen molar-refractivity contribution in [3.8, 4) is 5.75 Å². The number of phenols is 1. The lowest BCUT2D eigenvalue weighted by molar-refractivity contribution is -0.126. The van der Waals surface area contributed by atoms with Crippen molar-refractivity contribution in [1.82, 2.24) is 10.2 Å². The van der Waals surface area contributed by atoms with E-state index >= 15 is 0 Å². The normalized spacial score (nSPS) is 12.2. The molecule has 2 aromatic rings. The van der Waals surface area contributed by atoms with Crippen LogP contribution in [0.5, 0.6) is 5.75 Å². The maximum Gasteiger partial charge on any atom is 0.242 e. The average Bonchev–Trinajstić information content (AvgIpc) is 2.48. The van der Waals surface area contributed by atoms with Crippen LogP contribution in [0.3, 0.4) is 0 Å². The van der Waals surface area contributed by atoms with Crippen molar-refractivity contribution in [1.29, 1.82) is 0 Å². The summed E-state index contributed by atoms with van der Waals surface area (Å²) in [6.07, 6.45) is 0. The summed E-state index contributed by atoms with van der Waals surface area (Å²) in [7, 11) is 3.47. The molecule has 2 aromatic carbocycles. The maximum atomic E-state index is 13.9. The zero-order valence-corrected chi connectivity index (χ0v) is 12.6. The van der Waals surface area contributed by atoms with Gasteiger partial charge >= 0.3 is 0 Å². The number of hydrogen-bond acceptors (Lipinski definition) is 3. The molecule has 116 valence electrons. The highest BCUT2D eigenvalue weighted by Crippen LogP contribution is 2.21. The predicted octanol–water partition coefficient (Wildman–Crippen LogP) is 2.45. The molecule has 0 aliphatic carbocycles. The fourth-order valence-corrected chi connectivity index (χ4v) is 2.25. The molecular weight excluding hydrogens is 283 g/mol. The van der Waals surface area contributed by atoms with Gasteiger partial charge in [-0.3, -0.25) is 9.69 Å². The van der Waals surface area contributed by atoms with Gasteiger partial charge in [-0.1, -0.05) is 30.3 Å². The molecule has 0 bridgehead atoms. The Hall–Kier alpha value is -2.40. The van der Waals surface area contributed by atoms with E-state index in [0.717, 1.165) is 5.56 Å². The molecule has 22 heavy (non-hydrogen) atoms. The molecule has 0 unspecified atom stereocenters. The van der Waals surface area contributed by atoms with Crippen molar-refractivity contribution in [3.05, 3.63) is 65.5 Å². The third-order valence-electron chi connectivity index (χ3n) is 3.37. The zero-order chi connectivity index (χ0) is 16.1. The second-order valence-corrected chi connectivity index (χ2v) is 5.27. The molecule has 4 nitrogen and oxygen atoms in total. The number of nitrogens with one attached hydrogen (secondary N) is 1. The van der Waals surface area contributed by atoms with E-state index in [9.17, 15) is 14.3 Å². The number of phenolic OH excluding ortho intramolecular Hbond substituents is 1. The van der Waals surface area contributed by atoms with Crippen molar-refractivity contribution in [2.75, 3.05) is 14.1 Å². The fourth-order valence-electron chi connectivity index (χ4n) is 2.25. The molecule has 0 saturated heterocycles. The number of likely N-dealkylation sites (N-methyl/N-ethyl adjacent to an activating group) is 1. The van der Waals surface area contributed by atoms with Gasteiger partial charge in [0.25, 0.3) is 0 Å². The van der Waals surface area contributed by atoms with Gasteiger partial charge in [0, 0.05) is 12.1 Å². The summed E-state index contributed by atoms with van der Waals surface area (Å²) in [5, 5.41) is 12.0. The minimum atomic E-state index is -0.696. The summed E-state index contributed by atoms with van der Waals surface area (Å²) in [5.41, 5.74) is 1.20. The van der Waals surface area contributed by atoms with Gasteiger partial charge < -0.3 is 10.4 Å². The lowest BCUT2D eigenvalue weighted by Gasteiger charge is -2.24. The Bertz CT molecular complexity index is 641. The molecular formula is C17H19FN2O2. The molecule has 2 rings (SSSR count). The van der Waals surface area contributed by atoms with Gasteiger partial charge in [0.1, 0.15) is 17.6 Å². The highest BCUT2D eigenvalue weighted by atomic mass is 19.1. The molecule has 0 aliphatic heterocycles. The molecule has 2 N–H and O–H groups in total. The number of nitrogens with zero attached hydrogens (tertiary/aromatic N) is 1. The summed E-state index contributed by atoms with van der Waals surface area (Å²) in [5.74, 6) is -0.503. The molecule has 0 fully saturated rings. The van der Waals surface area contributed by atoms with E-state index in [1.807, 2.05) is 0 Å². The van der Waals surface area contributed by atoms with Gasteiger partial charge in [0.05, 0.1) is 0 Å². The van der Waals surface area contributed by atoms with Crippen LogP contribution in [0.1, 0.15) is 17.2 Å². The SMILES string of the molecule is CN(C)[C@H](C(=O)NCc1ccc(O)cc1)c1ccccc1F. The fraction of sp³-hybridized carbons (Fsp3) is 0.235. The second kappa shape index (κ2) is 7.04. The first-order chi connectivity index (χ1) is 10.5. The molecule has 0 radical (unpaired) electrons. The van der Waals surface area contributed by atoms with Gasteiger partial charge in [0.2, 0.25) is 5.91 Å². The predicted molar refractivity (Wildman–Crippen MR) is 82.8 cm³/mol. The number of rotatable bonds is 5. The lowest BCUT2D eigenvalue weighted by atomic mass is 10.0. The first-order valence-corrected chi connectivity index (χ1v) is 6.95. The highest BCUT2D eigenvalue weighted by Gasteiger charge is 2.25. The van der Waals surface area contributed by atoms with Gasteiger partial charge in [-0.05, 0) is 37.9 Å². The molecule has 1 amide bonds. The van der Waals surface area contributed by atoms with Crippen LogP contribution in [-0.2, 0) is 11.3 Å². The van der Waals surface area contributed by atoms with E-state index in [1.165, 1.54) is 6.07 Å². The summed E-state index contributed by atoms with van der Waals surface area (Å²) >= 11 is 0. The first kappa shape index (κ1) is 16.0. The topological polar surface area (TPSA) is 52.6 Å². The van der Waals surface area contributed by atoms with E-state index in [2.05, 4.69) is 5.32 Å². The van der Waals surface area contributed by atoms with Crippen LogP contribution in [-0.4, -0.2) is 30.0 Å². The van der Waals surface area contributed by atoms with Crippen molar-refractivity contribution in [2.24, 2.45) is 0 Å². The van der Waals surface area contributed by atoms with Gasteiger partial charge in [-0.25, -0.2) is 4.39 Å². The average molecular weight is 302 g/mol. The van der Waals surface area contributed by atoms with Gasteiger partial charge in [-0.15, -0.1) is 0 Å². The first-order valence-electron chi connectivity index (χ1n) is 6.95. The van der Waals surface area contributed by atoms with Crippen molar-refractivity contribution >= 4 is 5.91 Å². The molecule has 0 saturated carbocycles. The van der Waals surface area contributed by atoms with Crippen LogP contribution >= 0.6 is 0 Å². The number of carbonyl (C=O) groups is 1. The Morgan fingerprint density at radius 1 is 1.18 bits per heavy atom. The Labute approximate surface area is 129 Å². The Morgan fingerprint density at radius 3 is 2.41 bits per heavy atom. The molecule has 0 spiro atoms. The van der Waals surface area contributed by atoms with Crippen molar-refractivity contribution < 1.29 is 14.3 Å². The third kappa shape index (κ3) is 3.83. The zero-order valence-electron chi connectivity index (χ0n) is 12.6. The molecule has 1 atom stereocenters. The summed E-state index contributed by atoms with van der Waals surface area (Å²) in [6.45, 7) is 0.317. The third-order valence-corrected chi connectivity index (χ3v) is 3.37. The largest absolute Gasteiger partial charge is 0.508 e. The van der Waals surface area contributed by atoms with Crippen LogP contribution in [0.15, 0.2) is 48.5 Å². The number of benzene rings is 2. The number of amides is 1. The van der Waals surface area contributed by atoms with Crippen molar-refractivity contribution in [3.63, 3.8) is 0 Å². The van der Waals surface area contributed by atoms with Crippen LogP contribution in [0.4, 0.5) is 4.39 Å². The van der Waals surface area contributed by atoms with E-state index in [4.69, 9.17) is 0 Å². The van der Waals surface area contributed by atoms with E-state index in [-0.39, 0.29) is 11.7 Å². The monoisotopic (exact) mass is 302 g/mol. The number of aromatic hydroxyl groups is 1. The summed E-state index contributed by atoms with van der Waals surface area (Å²) < 4.78 is 13.9. The van der Waals surface area contributed by atoms with Crippen LogP contribution in [0.25, 0.3) is 0 Å². The minimum Gasteiger partial charge on any atom is -0.508 e. The quantitative estimate of drug-likeness (QED) is 0.892. The minimum absolute atomic E-state index is 0.174. The Morgan fingerprint density at radius 2 is 1.82 bits per heavy atom. The van der Waals surface area contributed by atoms with Crippen molar-refractivity contribution in [2.45, 2.75) is 12.6 Å². The van der Waals surface area contributed by atoms with Crippen LogP contribution in [0.2, 0.25) is 0 Å². The van der Waals surface area contributed by atoms with Crippen LogP contribution in [0, 0.1) is 5.82 Å². The molecule has 0 aromatic heterocycles. The van der Waals surface area contributed by atoms with E-state index in [0.29, 0.717) is 12.1 Å². The van der Waals surface area contributed by atoms with E-state index < -0.39 is 11.9 Å². The number of hydrogen-bond donors (Lipinski definition) is 2. The van der Waals surface area contributed by atoms with E-state index in [1.54, 1.807) is 61.5 Å². The summed E-state index contributed by atoms with van der Waals surface area (Å²) in [6, 6.07) is 12.1. The lowest BCUT2D eigenvalue weighted by Crippen LogP contribution is -2.37. The second-order valence-electron chi connectivity index (χ2n) is 5.27. The van der Waals surface area contributed by atoms with Gasteiger partial charge in [0.15, 0.2) is 0 Å². The standard InChI is InChI=1S/C17H19FN2O2/c1-20(2)16(14-5-3-4-6-15(14)18)17(22)19-11-12-7-9-13(21)10-8-12/h3-10,16,21H,11H2,1-2H3,(H,19,22)/t16-/m0/s1. The Balaban J connectivity index is 2.11. The smallest absolute Gasteiger partial charge is 0.242 e. The molecule has 5 heteroatoms. The maximum absolute atomic E-state index is 13.9. The molecule has 0 heterocycles. The molecule has 0 aliphatic rings. The number of halogens is 1.